The summed E-state index contributed by atoms with van der Waals surface area (Å²) >= 11 is 0. The molecule has 0 saturated heterocycles. The molecule has 30 heavy (non-hydrogen) atoms. The molecule has 0 aliphatic heterocycles. The average molecular weight is 413 g/mol. The van der Waals surface area contributed by atoms with Crippen LogP contribution < -0.4 is 10.9 Å². The molecule has 0 aliphatic rings. The Kier molecular flexibility index (Phi) is 5.50. The Labute approximate surface area is 174 Å². The van der Waals surface area contributed by atoms with Crippen LogP contribution in [0.2, 0.25) is 0 Å². The van der Waals surface area contributed by atoms with E-state index in [0.717, 1.165) is 27.5 Å². The van der Waals surface area contributed by atoms with E-state index < -0.39 is 23.5 Å². The van der Waals surface area contributed by atoms with Crippen LogP contribution >= 0.6 is 0 Å². The summed E-state index contributed by atoms with van der Waals surface area (Å²) in [5.41, 5.74) is 3.57. The Bertz CT molecular complexity index is 1210. The lowest BCUT2D eigenvalue weighted by molar-refractivity contribution is -0.141. The third kappa shape index (κ3) is 3.84. The molecule has 3 rings (SSSR count). The van der Waals surface area contributed by atoms with Gasteiger partial charge < -0.3 is 19.3 Å². The first kappa shape index (κ1) is 21.6. The van der Waals surface area contributed by atoms with Crippen LogP contribution in [-0.4, -0.2) is 23.0 Å². The van der Waals surface area contributed by atoms with E-state index in [0.29, 0.717) is 16.7 Å². The third-order valence-electron chi connectivity index (χ3n) is 5.50. The third-order valence-corrected chi connectivity index (χ3v) is 5.50. The number of carboxylic acid groups (broad SMARTS) is 1. The molecule has 0 bridgehead atoms. The summed E-state index contributed by atoms with van der Waals surface area (Å²) in [4.78, 5) is 35.6. The topological polar surface area (TPSA) is 110 Å². The second kappa shape index (κ2) is 7.63. The minimum absolute atomic E-state index is 0.00506. The molecule has 7 heteroatoms. The maximum Gasteiger partial charge on any atom is 0.339 e. The normalized spacial score (nSPS) is 13.0. The summed E-state index contributed by atoms with van der Waals surface area (Å²) < 4.78 is 11.4. The number of amides is 1. The average Bonchev–Trinajstić information content (AvgIpc) is 3.07. The van der Waals surface area contributed by atoms with Crippen molar-refractivity contribution in [2.45, 2.75) is 65.8 Å². The molecule has 1 atom stereocenters. The number of benzene rings is 1. The van der Waals surface area contributed by atoms with Crippen LogP contribution in [0.15, 0.2) is 26.0 Å². The van der Waals surface area contributed by atoms with Crippen LogP contribution in [-0.2, 0) is 21.4 Å². The van der Waals surface area contributed by atoms with Crippen molar-refractivity contribution < 1.29 is 23.5 Å². The summed E-state index contributed by atoms with van der Waals surface area (Å²) in [5.74, 6) is -1.54. The molecule has 0 radical (unpaired) electrons. The first-order valence-electron chi connectivity index (χ1n) is 9.91. The maximum absolute atomic E-state index is 12.6. The van der Waals surface area contributed by atoms with Crippen molar-refractivity contribution in [3.63, 3.8) is 0 Å². The Balaban J connectivity index is 2.05. The molecule has 0 unspecified atom stereocenters. The fraction of sp³-hybridized carbons (Fsp3) is 0.435. The molecular weight excluding hydrogens is 386 g/mol. The monoisotopic (exact) mass is 413 g/mol. The second-order valence-electron chi connectivity index (χ2n) is 8.77. The fourth-order valence-electron chi connectivity index (χ4n) is 3.68. The predicted molar refractivity (Wildman–Crippen MR) is 114 cm³/mol. The van der Waals surface area contributed by atoms with Crippen LogP contribution in [0.4, 0.5) is 0 Å². The number of rotatable bonds is 5. The number of carboxylic acids is 1. The zero-order chi connectivity index (χ0) is 22.4. The SMILES string of the molecule is Cc1c(CCC(=O)N[C@@H](C)C(=O)O)c(=O)oc2c(C)c3occ(C(C)(C)C)c3cc12. The largest absolute Gasteiger partial charge is 0.480 e. The molecule has 0 aliphatic carbocycles. The van der Waals surface area contributed by atoms with E-state index in [4.69, 9.17) is 13.9 Å². The fourth-order valence-corrected chi connectivity index (χ4v) is 3.68. The van der Waals surface area contributed by atoms with E-state index in [2.05, 4.69) is 26.1 Å². The number of furan rings is 1. The van der Waals surface area contributed by atoms with E-state index in [1.165, 1.54) is 6.92 Å². The zero-order valence-electron chi connectivity index (χ0n) is 18.1. The number of carbonyl (C=O) groups is 2. The van der Waals surface area contributed by atoms with Gasteiger partial charge in [0.25, 0.3) is 0 Å². The number of aliphatic carboxylic acids is 1. The van der Waals surface area contributed by atoms with Crippen molar-refractivity contribution in [3.8, 4) is 0 Å². The molecule has 0 spiro atoms. The Morgan fingerprint density at radius 3 is 2.40 bits per heavy atom. The van der Waals surface area contributed by atoms with Crippen LogP contribution in [0.5, 0.6) is 0 Å². The first-order valence-corrected chi connectivity index (χ1v) is 9.91. The van der Waals surface area contributed by atoms with Gasteiger partial charge in [0.15, 0.2) is 0 Å². The van der Waals surface area contributed by atoms with Gasteiger partial charge in [-0.15, -0.1) is 0 Å². The van der Waals surface area contributed by atoms with Crippen LogP contribution in [0.1, 0.15) is 56.4 Å². The minimum atomic E-state index is -1.11. The van der Waals surface area contributed by atoms with Gasteiger partial charge in [-0.3, -0.25) is 9.59 Å². The van der Waals surface area contributed by atoms with Crippen LogP contribution in [0, 0.1) is 13.8 Å². The van der Waals surface area contributed by atoms with Gasteiger partial charge in [-0.25, -0.2) is 4.79 Å². The number of aryl methyl sites for hydroxylation is 2. The highest BCUT2D eigenvalue weighted by Gasteiger charge is 2.24. The Morgan fingerprint density at radius 1 is 1.13 bits per heavy atom. The van der Waals surface area contributed by atoms with Gasteiger partial charge in [0.05, 0.1) is 6.26 Å². The van der Waals surface area contributed by atoms with Gasteiger partial charge in [-0.05, 0) is 44.2 Å². The van der Waals surface area contributed by atoms with E-state index in [-0.39, 0.29) is 18.3 Å². The number of fused-ring (bicyclic) bond motifs is 2. The summed E-state index contributed by atoms with van der Waals surface area (Å²) in [6, 6.07) is 0.996. The van der Waals surface area contributed by atoms with Crippen molar-refractivity contribution in [3.05, 3.63) is 45.0 Å². The lowest BCUT2D eigenvalue weighted by Gasteiger charge is -2.17. The molecule has 2 aromatic heterocycles. The van der Waals surface area contributed by atoms with Crippen molar-refractivity contribution in [2.75, 3.05) is 0 Å². The lowest BCUT2D eigenvalue weighted by atomic mass is 9.86. The summed E-state index contributed by atoms with van der Waals surface area (Å²) in [6.45, 7) is 11.4. The highest BCUT2D eigenvalue weighted by atomic mass is 16.4. The van der Waals surface area contributed by atoms with E-state index in [9.17, 15) is 14.4 Å². The molecule has 160 valence electrons. The van der Waals surface area contributed by atoms with Gasteiger partial charge >= 0.3 is 11.6 Å². The zero-order valence-corrected chi connectivity index (χ0v) is 18.1. The molecule has 7 nitrogen and oxygen atoms in total. The number of hydrogen-bond acceptors (Lipinski definition) is 5. The minimum Gasteiger partial charge on any atom is -0.480 e. The molecule has 2 heterocycles. The highest BCUT2D eigenvalue weighted by Crippen LogP contribution is 2.37. The van der Waals surface area contributed by atoms with Crippen molar-refractivity contribution in [1.82, 2.24) is 5.32 Å². The van der Waals surface area contributed by atoms with Gasteiger partial charge in [0.2, 0.25) is 5.91 Å². The molecule has 0 fully saturated rings. The Hall–Kier alpha value is -3.09. The van der Waals surface area contributed by atoms with Gasteiger partial charge in [0.1, 0.15) is 17.2 Å². The van der Waals surface area contributed by atoms with Crippen LogP contribution in [0.25, 0.3) is 21.9 Å². The van der Waals surface area contributed by atoms with E-state index in [1.807, 2.05) is 19.9 Å². The van der Waals surface area contributed by atoms with Gasteiger partial charge in [0, 0.05) is 33.9 Å². The van der Waals surface area contributed by atoms with Crippen molar-refractivity contribution in [2.24, 2.45) is 0 Å². The Morgan fingerprint density at radius 2 is 1.80 bits per heavy atom. The van der Waals surface area contributed by atoms with Crippen molar-refractivity contribution in [1.29, 1.82) is 0 Å². The van der Waals surface area contributed by atoms with E-state index >= 15 is 0 Å². The molecule has 1 aromatic carbocycles. The smallest absolute Gasteiger partial charge is 0.339 e. The molecule has 1 amide bonds. The summed E-state index contributed by atoms with van der Waals surface area (Å²) in [5, 5.41) is 13.1. The van der Waals surface area contributed by atoms with Crippen molar-refractivity contribution >= 4 is 33.8 Å². The van der Waals surface area contributed by atoms with Crippen LogP contribution in [0.3, 0.4) is 0 Å². The number of nitrogens with one attached hydrogen (secondary N) is 1. The number of hydrogen-bond donors (Lipinski definition) is 2. The molecule has 3 aromatic rings. The van der Waals surface area contributed by atoms with E-state index in [1.54, 1.807) is 6.26 Å². The second-order valence-corrected chi connectivity index (χ2v) is 8.77. The molecule has 2 N–H and O–H groups in total. The standard InChI is InChI=1S/C23H27NO6/c1-11-14(7-8-18(25)24-13(3)21(26)27)22(28)30-20-12(2)19-16(9-15(11)20)17(10-29-19)23(4,5)6/h9-10,13H,7-8H2,1-6H3,(H,24,25)(H,26,27)/t13-/m0/s1. The summed E-state index contributed by atoms with van der Waals surface area (Å²) in [6.07, 6.45) is 1.91. The number of carbonyl (C=O) groups excluding carboxylic acids is 1. The lowest BCUT2D eigenvalue weighted by Crippen LogP contribution is -2.38. The van der Waals surface area contributed by atoms with Gasteiger partial charge in [-0.2, -0.15) is 0 Å². The summed E-state index contributed by atoms with van der Waals surface area (Å²) in [7, 11) is 0. The quantitative estimate of drug-likeness (QED) is 0.613. The predicted octanol–water partition coefficient (Wildman–Crippen LogP) is 3.98. The van der Waals surface area contributed by atoms with Gasteiger partial charge in [-0.1, -0.05) is 20.8 Å². The molecule has 0 saturated carbocycles. The highest BCUT2D eigenvalue weighted by molar-refractivity contribution is 6.00. The molecular formula is C23H27NO6. The first-order chi connectivity index (χ1) is 13.9. The maximum atomic E-state index is 12.6.